The molecule has 0 spiro atoms. The lowest BCUT2D eigenvalue weighted by Gasteiger charge is -2.08. The first-order chi connectivity index (χ1) is 8.18. The maximum absolute atomic E-state index is 5.48. The largest absolute Gasteiger partial charge is 0.378 e. The van der Waals surface area contributed by atoms with E-state index in [9.17, 15) is 0 Å². The van der Waals surface area contributed by atoms with Crippen molar-refractivity contribution in [3.05, 3.63) is 29.8 Å². The second-order valence-electron chi connectivity index (χ2n) is 4.19. The quantitative estimate of drug-likeness (QED) is 0.522. The number of aryl methyl sites for hydroxylation is 1. The van der Waals surface area contributed by atoms with Crippen LogP contribution in [0, 0.1) is 6.92 Å². The smallest absolute Gasteiger partial charge is 0.0703 e. The van der Waals surface area contributed by atoms with Crippen LogP contribution in [0.2, 0.25) is 0 Å². The minimum atomic E-state index is 0.292. The van der Waals surface area contributed by atoms with Gasteiger partial charge >= 0.3 is 0 Å². The molecule has 0 amide bonds. The zero-order valence-corrected chi connectivity index (χ0v) is 11.8. The van der Waals surface area contributed by atoms with Crippen LogP contribution in [0.15, 0.2) is 29.2 Å². The Kier molecular flexibility index (Phi) is 7.33. The molecule has 0 heterocycles. The Bertz CT molecular complexity index is 296. The first-order valence-corrected chi connectivity index (χ1v) is 7.06. The molecule has 96 valence electrons. The molecule has 1 rings (SSSR count). The van der Waals surface area contributed by atoms with Crippen LogP contribution in [0.25, 0.3) is 0 Å². The standard InChI is InChI=1S/C14H22O2S/c1-12(2)16-9-8-15-10-11-17-14-6-4-13(3)5-7-14/h4-7,12H,8-11H2,1-3H3. The maximum Gasteiger partial charge on any atom is 0.0703 e. The highest BCUT2D eigenvalue weighted by atomic mass is 32.2. The Balaban J connectivity index is 1.99. The van der Waals surface area contributed by atoms with E-state index in [1.807, 2.05) is 25.6 Å². The number of hydrogen-bond donors (Lipinski definition) is 0. The Labute approximate surface area is 109 Å². The molecule has 0 aromatic heterocycles. The van der Waals surface area contributed by atoms with Crippen molar-refractivity contribution >= 4 is 11.8 Å². The summed E-state index contributed by atoms with van der Waals surface area (Å²) in [6, 6.07) is 8.59. The molecular formula is C14H22O2S. The van der Waals surface area contributed by atoms with Gasteiger partial charge in [-0.2, -0.15) is 0 Å². The van der Waals surface area contributed by atoms with E-state index in [-0.39, 0.29) is 0 Å². The van der Waals surface area contributed by atoms with Crippen LogP contribution in [0.1, 0.15) is 19.4 Å². The summed E-state index contributed by atoms with van der Waals surface area (Å²) in [7, 11) is 0. The summed E-state index contributed by atoms with van der Waals surface area (Å²) in [6.45, 7) is 8.33. The average Bonchev–Trinajstić information content (AvgIpc) is 2.30. The third-order valence-corrected chi connectivity index (χ3v) is 3.17. The second-order valence-corrected chi connectivity index (χ2v) is 5.36. The van der Waals surface area contributed by atoms with Gasteiger partial charge in [0.25, 0.3) is 0 Å². The zero-order valence-electron chi connectivity index (χ0n) is 10.9. The van der Waals surface area contributed by atoms with Gasteiger partial charge < -0.3 is 9.47 Å². The van der Waals surface area contributed by atoms with Crippen LogP contribution in [0.3, 0.4) is 0 Å². The number of benzene rings is 1. The summed E-state index contributed by atoms with van der Waals surface area (Å²) in [6.07, 6.45) is 0.292. The topological polar surface area (TPSA) is 18.5 Å². The molecule has 0 unspecified atom stereocenters. The molecule has 2 nitrogen and oxygen atoms in total. The molecular weight excluding hydrogens is 232 g/mol. The Morgan fingerprint density at radius 1 is 1.06 bits per heavy atom. The van der Waals surface area contributed by atoms with Gasteiger partial charge in [0.2, 0.25) is 0 Å². The predicted octanol–water partition coefficient (Wildman–Crippen LogP) is 3.53. The molecule has 0 N–H and O–H groups in total. The van der Waals surface area contributed by atoms with E-state index in [1.165, 1.54) is 10.5 Å². The van der Waals surface area contributed by atoms with Crippen molar-refractivity contribution in [3.63, 3.8) is 0 Å². The molecule has 0 aliphatic heterocycles. The molecule has 0 atom stereocenters. The fourth-order valence-electron chi connectivity index (χ4n) is 1.30. The molecule has 0 saturated heterocycles. The Hall–Kier alpha value is -0.510. The Morgan fingerprint density at radius 2 is 1.76 bits per heavy atom. The van der Waals surface area contributed by atoms with Crippen LogP contribution in [0.5, 0.6) is 0 Å². The number of rotatable bonds is 8. The molecule has 17 heavy (non-hydrogen) atoms. The van der Waals surface area contributed by atoms with Crippen LogP contribution >= 0.6 is 11.8 Å². The van der Waals surface area contributed by atoms with E-state index in [2.05, 4.69) is 31.2 Å². The molecule has 0 aliphatic rings. The molecule has 0 bridgehead atoms. The summed E-state index contributed by atoms with van der Waals surface area (Å²) in [5, 5.41) is 0. The van der Waals surface area contributed by atoms with Gasteiger partial charge in [-0.05, 0) is 32.9 Å². The molecule has 1 aromatic rings. The van der Waals surface area contributed by atoms with E-state index in [1.54, 1.807) is 0 Å². The van der Waals surface area contributed by atoms with Crippen LogP contribution in [0.4, 0.5) is 0 Å². The highest BCUT2D eigenvalue weighted by Gasteiger charge is 1.95. The molecule has 0 saturated carbocycles. The van der Waals surface area contributed by atoms with E-state index >= 15 is 0 Å². The third-order valence-electron chi connectivity index (χ3n) is 2.20. The fourth-order valence-corrected chi connectivity index (χ4v) is 2.06. The van der Waals surface area contributed by atoms with Crippen LogP contribution in [-0.2, 0) is 9.47 Å². The van der Waals surface area contributed by atoms with Gasteiger partial charge in [-0.15, -0.1) is 11.8 Å². The van der Waals surface area contributed by atoms with Crippen LogP contribution in [-0.4, -0.2) is 31.7 Å². The van der Waals surface area contributed by atoms with Crippen molar-refractivity contribution in [2.75, 3.05) is 25.6 Å². The van der Waals surface area contributed by atoms with E-state index in [0.717, 1.165) is 12.4 Å². The van der Waals surface area contributed by atoms with Gasteiger partial charge in [0, 0.05) is 10.6 Å². The van der Waals surface area contributed by atoms with Crippen molar-refractivity contribution in [1.29, 1.82) is 0 Å². The van der Waals surface area contributed by atoms with Crippen molar-refractivity contribution in [3.8, 4) is 0 Å². The third kappa shape index (κ3) is 7.42. The fraction of sp³-hybridized carbons (Fsp3) is 0.571. The summed E-state index contributed by atoms with van der Waals surface area (Å²) in [5.74, 6) is 0.991. The van der Waals surface area contributed by atoms with Gasteiger partial charge in [0.15, 0.2) is 0 Å². The highest BCUT2D eigenvalue weighted by molar-refractivity contribution is 7.99. The second kappa shape index (κ2) is 8.56. The van der Waals surface area contributed by atoms with Crippen molar-refractivity contribution in [1.82, 2.24) is 0 Å². The molecule has 3 heteroatoms. The summed E-state index contributed by atoms with van der Waals surface area (Å²) in [4.78, 5) is 1.30. The van der Waals surface area contributed by atoms with Gasteiger partial charge in [-0.1, -0.05) is 17.7 Å². The number of ether oxygens (including phenoxy) is 2. The van der Waals surface area contributed by atoms with Crippen LogP contribution < -0.4 is 0 Å². The predicted molar refractivity (Wildman–Crippen MR) is 73.8 cm³/mol. The SMILES string of the molecule is Cc1ccc(SCCOCCOC(C)C)cc1. The van der Waals surface area contributed by atoms with Crippen molar-refractivity contribution in [2.45, 2.75) is 31.8 Å². The van der Waals surface area contributed by atoms with Crippen molar-refractivity contribution < 1.29 is 9.47 Å². The van der Waals surface area contributed by atoms with Gasteiger partial charge in [-0.3, -0.25) is 0 Å². The summed E-state index contributed by atoms with van der Waals surface area (Å²) >= 11 is 1.83. The lowest BCUT2D eigenvalue weighted by Crippen LogP contribution is -2.10. The highest BCUT2D eigenvalue weighted by Crippen LogP contribution is 2.17. The molecule has 0 fully saturated rings. The lowest BCUT2D eigenvalue weighted by molar-refractivity contribution is 0.0237. The monoisotopic (exact) mass is 254 g/mol. The van der Waals surface area contributed by atoms with Gasteiger partial charge in [0.05, 0.1) is 25.9 Å². The van der Waals surface area contributed by atoms with Gasteiger partial charge in [-0.25, -0.2) is 0 Å². The maximum atomic E-state index is 5.48. The van der Waals surface area contributed by atoms with E-state index < -0.39 is 0 Å². The molecule has 1 aromatic carbocycles. The lowest BCUT2D eigenvalue weighted by atomic mass is 10.2. The van der Waals surface area contributed by atoms with E-state index in [0.29, 0.717) is 19.3 Å². The molecule has 0 radical (unpaired) electrons. The van der Waals surface area contributed by atoms with Crippen molar-refractivity contribution in [2.24, 2.45) is 0 Å². The summed E-state index contributed by atoms with van der Waals surface area (Å²) in [5.41, 5.74) is 1.30. The average molecular weight is 254 g/mol. The Morgan fingerprint density at radius 3 is 2.41 bits per heavy atom. The van der Waals surface area contributed by atoms with Gasteiger partial charge in [0.1, 0.15) is 0 Å². The first kappa shape index (κ1) is 14.6. The summed E-state index contributed by atoms with van der Waals surface area (Å²) < 4.78 is 10.9. The number of hydrogen-bond acceptors (Lipinski definition) is 3. The first-order valence-electron chi connectivity index (χ1n) is 6.07. The normalized spacial score (nSPS) is 11.1. The molecule has 0 aliphatic carbocycles. The minimum absolute atomic E-state index is 0.292. The zero-order chi connectivity index (χ0) is 12.5. The van der Waals surface area contributed by atoms with E-state index in [4.69, 9.17) is 9.47 Å². The minimum Gasteiger partial charge on any atom is -0.378 e. The number of thioether (sulfide) groups is 1.